The standard InChI is InChI=1S/C19H16.C6H15ClSi.C4H10/c1-4-10-16(11-5-1)19(17-12-6-2-7-13-17)18-14-8-3-9-15-18;1-6(2,3)8(4,5)7;1-3-4-2/h1-15,19H;1-5H3;3-4H2,1-2H3. The quantitative estimate of drug-likeness (QED) is 0.210. The molecule has 0 atom stereocenters. The second kappa shape index (κ2) is 13.6. The fraction of sp³-hybridized carbons (Fsp3) is 0.379. The van der Waals surface area contributed by atoms with Gasteiger partial charge in [0, 0.05) is 5.92 Å². The van der Waals surface area contributed by atoms with Crippen molar-refractivity contribution in [3.05, 3.63) is 108 Å². The van der Waals surface area contributed by atoms with Crippen molar-refractivity contribution >= 4 is 18.5 Å². The summed E-state index contributed by atoms with van der Waals surface area (Å²) in [6.07, 6.45) is 2.64. The van der Waals surface area contributed by atoms with E-state index in [1.807, 2.05) is 0 Å². The van der Waals surface area contributed by atoms with Gasteiger partial charge in [0.05, 0.1) is 0 Å². The highest BCUT2D eigenvalue weighted by atomic mass is 35.6. The molecule has 0 bridgehead atoms. The van der Waals surface area contributed by atoms with E-state index in [0.717, 1.165) is 0 Å². The predicted octanol–water partition coefficient (Wildman–Crippen LogP) is 9.90. The lowest BCUT2D eigenvalue weighted by molar-refractivity contribution is 0.735. The molecule has 3 aromatic carbocycles. The summed E-state index contributed by atoms with van der Waals surface area (Å²) in [5, 5.41) is 0.342. The van der Waals surface area contributed by atoms with Crippen molar-refractivity contribution in [2.75, 3.05) is 0 Å². The van der Waals surface area contributed by atoms with Crippen LogP contribution < -0.4 is 0 Å². The van der Waals surface area contributed by atoms with Crippen LogP contribution in [0.5, 0.6) is 0 Å². The molecule has 0 aliphatic carbocycles. The van der Waals surface area contributed by atoms with Gasteiger partial charge in [0.15, 0.2) is 7.38 Å². The van der Waals surface area contributed by atoms with Gasteiger partial charge in [0.1, 0.15) is 0 Å². The summed E-state index contributed by atoms with van der Waals surface area (Å²) in [7, 11) is -1.39. The summed E-state index contributed by atoms with van der Waals surface area (Å²) in [6, 6.07) is 32.0. The maximum atomic E-state index is 6.15. The molecular formula is C29H41ClSi. The molecule has 0 radical (unpaired) electrons. The van der Waals surface area contributed by atoms with Crippen LogP contribution in [0, 0.1) is 0 Å². The zero-order valence-corrected chi connectivity index (χ0v) is 22.3. The highest BCUT2D eigenvalue weighted by molar-refractivity contribution is 7.20. The summed E-state index contributed by atoms with van der Waals surface area (Å²) >= 11 is 6.15. The van der Waals surface area contributed by atoms with Gasteiger partial charge in [-0.1, -0.05) is 152 Å². The highest BCUT2D eigenvalue weighted by Crippen LogP contribution is 2.38. The van der Waals surface area contributed by atoms with Gasteiger partial charge in [-0.15, -0.1) is 0 Å². The summed E-state index contributed by atoms with van der Waals surface area (Å²) in [5.74, 6) is 0.309. The SMILES string of the molecule is CC(C)(C)[Si](C)(C)Cl.CCCC.c1ccc(C(c2ccccc2)c2ccccc2)cc1. The Kier molecular flexibility index (Phi) is 11.9. The zero-order chi connectivity index (χ0) is 23.3. The molecule has 0 saturated heterocycles. The van der Waals surface area contributed by atoms with Gasteiger partial charge in [-0.05, 0) is 21.7 Å². The molecule has 0 unspecified atom stereocenters. The van der Waals surface area contributed by atoms with Gasteiger partial charge in [-0.2, -0.15) is 11.1 Å². The molecule has 3 rings (SSSR count). The average molecular weight is 453 g/mol. The third-order valence-electron chi connectivity index (χ3n) is 5.68. The molecule has 0 amide bonds. The third-order valence-corrected chi connectivity index (χ3v) is 10.9. The molecule has 3 aromatic rings. The van der Waals surface area contributed by atoms with Crippen LogP contribution in [0.15, 0.2) is 91.0 Å². The molecule has 0 fully saturated rings. The van der Waals surface area contributed by atoms with Crippen molar-refractivity contribution < 1.29 is 0 Å². The van der Waals surface area contributed by atoms with Crippen LogP contribution in [0.3, 0.4) is 0 Å². The van der Waals surface area contributed by atoms with E-state index < -0.39 is 7.38 Å². The van der Waals surface area contributed by atoms with Gasteiger partial charge in [0.25, 0.3) is 0 Å². The van der Waals surface area contributed by atoms with E-state index >= 15 is 0 Å². The Bertz CT molecular complexity index is 707. The summed E-state index contributed by atoms with van der Waals surface area (Å²) in [4.78, 5) is 0. The van der Waals surface area contributed by atoms with E-state index in [9.17, 15) is 0 Å². The predicted molar refractivity (Wildman–Crippen MR) is 144 cm³/mol. The first kappa shape index (κ1) is 27.2. The lowest BCUT2D eigenvalue weighted by Crippen LogP contribution is -2.29. The molecule has 0 N–H and O–H groups in total. The van der Waals surface area contributed by atoms with Crippen molar-refractivity contribution in [2.24, 2.45) is 0 Å². The van der Waals surface area contributed by atoms with Crippen LogP contribution in [0.1, 0.15) is 70.1 Å². The molecule has 0 spiro atoms. The molecule has 168 valence electrons. The molecule has 0 aromatic heterocycles. The van der Waals surface area contributed by atoms with Crippen LogP contribution in [0.2, 0.25) is 18.1 Å². The fourth-order valence-electron chi connectivity index (χ4n) is 2.51. The molecule has 0 aliphatic heterocycles. The minimum Gasteiger partial charge on any atom is -0.167 e. The van der Waals surface area contributed by atoms with Crippen molar-refractivity contribution in [3.63, 3.8) is 0 Å². The molecule has 0 aliphatic rings. The number of hydrogen-bond donors (Lipinski definition) is 0. The minimum atomic E-state index is -1.39. The molecular weight excluding hydrogens is 412 g/mol. The van der Waals surface area contributed by atoms with E-state index in [1.165, 1.54) is 29.5 Å². The fourth-order valence-corrected chi connectivity index (χ4v) is 2.51. The Morgan fingerprint density at radius 3 is 1.00 bits per heavy atom. The maximum absolute atomic E-state index is 6.15. The average Bonchev–Trinajstić information content (AvgIpc) is 2.75. The second-order valence-electron chi connectivity index (χ2n) is 9.39. The normalized spacial score (nSPS) is 11.1. The number of rotatable bonds is 4. The van der Waals surface area contributed by atoms with Crippen molar-refractivity contribution in [1.82, 2.24) is 0 Å². The first-order valence-corrected chi connectivity index (χ1v) is 15.5. The van der Waals surface area contributed by atoms with E-state index in [4.69, 9.17) is 11.1 Å². The monoisotopic (exact) mass is 452 g/mol. The zero-order valence-electron chi connectivity index (χ0n) is 20.5. The number of benzene rings is 3. The Hall–Kier alpha value is -1.83. The van der Waals surface area contributed by atoms with E-state index in [2.05, 4.69) is 139 Å². The molecule has 31 heavy (non-hydrogen) atoms. The first-order chi connectivity index (χ1) is 14.6. The lowest BCUT2D eigenvalue weighted by Gasteiger charge is -2.29. The van der Waals surface area contributed by atoms with Crippen LogP contribution >= 0.6 is 11.1 Å². The van der Waals surface area contributed by atoms with Gasteiger partial charge >= 0.3 is 0 Å². The summed E-state index contributed by atoms with van der Waals surface area (Å²) in [5.41, 5.74) is 4.00. The molecule has 0 nitrogen and oxygen atoms in total. The van der Waals surface area contributed by atoms with Gasteiger partial charge in [0.2, 0.25) is 0 Å². The van der Waals surface area contributed by atoms with E-state index in [0.29, 0.717) is 11.0 Å². The Morgan fingerprint density at radius 2 is 0.839 bits per heavy atom. The maximum Gasteiger partial charge on any atom is 0.155 e. The van der Waals surface area contributed by atoms with Gasteiger partial charge < -0.3 is 0 Å². The smallest absolute Gasteiger partial charge is 0.155 e. The van der Waals surface area contributed by atoms with Crippen LogP contribution in [0.4, 0.5) is 0 Å². The van der Waals surface area contributed by atoms with E-state index in [-0.39, 0.29) is 0 Å². The Labute approximate surface area is 197 Å². The summed E-state index contributed by atoms with van der Waals surface area (Å²) in [6.45, 7) is 15.3. The second-order valence-corrected chi connectivity index (χ2v) is 16.7. The van der Waals surface area contributed by atoms with Gasteiger partial charge in [-0.25, -0.2) is 0 Å². The number of unbranched alkanes of at least 4 members (excludes halogenated alkanes) is 1. The summed E-state index contributed by atoms with van der Waals surface area (Å²) < 4.78 is 0. The first-order valence-electron chi connectivity index (χ1n) is 11.5. The topological polar surface area (TPSA) is 0 Å². The highest BCUT2D eigenvalue weighted by Gasteiger charge is 2.32. The van der Waals surface area contributed by atoms with Crippen molar-refractivity contribution in [3.8, 4) is 0 Å². The molecule has 0 heterocycles. The van der Waals surface area contributed by atoms with Crippen molar-refractivity contribution in [1.29, 1.82) is 0 Å². The number of hydrogen-bond acceptors (Lipinski definition) is 0. The van der Waals surface area contributed by atoms with Crippen LogP contribution in [0.25, 0.3) is 0 Å². The van der Waals surface area contributed by atoms with Crippen LogP contribution in [-0.2, 0) is 0 Å². The van der Waals surface area contributed by atoms with Crippen LogP contribution in [-0.4, -0.2) is 7.38 Å². The lowest BCUT2D eigenvalue weighted by atomic mass is 9.85. The Morgan fingerprint density at radius 1 is 0.613 bits per heavy atom. The largest absolute Gasteiger partial charge is 0.167 e. The van der Waals surface area contributed by atoms with E-state index in [1.54, 1.807) is 0 Å². The van der Waals surface area contributed by atoms with Gasteiger partial charge in [-0.3, -0.25) is 0 Å². The molecule has 0 saturated carbocycles. The third kappa shape index (κ3) is 9.89. The Balaban J connectivity index is 0.000000336. The number of halogens is 1. The van der Waals surface area contributed by atoms with Crippen molar-refractivity contribution in [2.45, 2.75) is 71.5 Å². The molecule has 2 heteroatoms. The minimum absolute atomic E-state index is 0.309.